The monoisotopic (exact) mass is 295 g/mol. The Morgan fingerprint density at radius 3 is 2.18 bits per heavy atom. The third-order valence-corrected chi connectivity index (χ3v) is 5.09. The molecule has 0 saturated heterocycles. The van der Waals surface area contributed by atoms with Gasteiger partial charge >= 0.3 is 0 Å². The van der Waals surface area contributed by atoms with Crippen molar-refractivity contribution < 1.29 is 8.42 Å². The van der Waals surface area contributed by atoms with Crippen molar-refractivity contribution in [2.24, 2.45) is 5.73 Å². The highest BCUT2D eigenvalue weighted by Crippen LogP contribution is 2.30. The van der Waals surface area contributed by atoms with Crippen molar-refractivity contribution in [2.75, 3.05) is 12.3 Å². The number of benzene rings is 1. The zero-order valence-electron chi connectivity index (χ0n) is 9.33. The van der Waals surface area contributed by atoms with Crippen molar-refractivity contribution in [3.63, 3.8) is 0 Å². The van der Waals surface area contributed by atoms with Crippen LogP contribution in [0.15, 0.2) is 23.1 Å². The third kappa shape index (κ3) is 4.14. The molecular weight excluding hydrogens is 281 g/mol. The number of rotatable bonds is 6. The van der Waals surface area contributed by atoms with Crippen LogP contribution >= 0.6 is 23.2 Å². The summed E-state index contributed by atoms with van der Waals surface area (Å²) in [6.45, 7) is 0.576. The average molecular weight is 296 g/mol. The van der Waals surface area contributed by atoms with Gasteiger partial charge in [0.05, 0.1) is 15.8 Å². The van der Waals surface area contributed by atoms with E-state index < -0.39 is 9.84 Å². The zero-order chi connectivity index (χ0) is 12.9. The van der Waals surface area contributed by atoms with Crippen LogP contribution in [0.4, 0.5) is 0 Å². The molecule has 3 nitrogen and oxygen atoms in total. The van der Waals surface area contributed by atoms with Crippen LogP contribution in [-0.4, -0.2) is 20.7 Å². The minimum atomic E-state index is -3.41. The normalized spacial score (nSPS) is 11.7. The fourth-order valence-electron chi connectivity index (χ4n) is 1.49. The SMILES string of the molecule is NCCCCCS(=O)(=O)c1c(Cl)cccc1Cl. The van der Waals surface area contributed by atoms with Crippen LogP contribution in [0.25, 0.3) is 0 Å². The van der Waals surface area contributed by atoms with E-state index in [2.05, 4.69) is 0 Å². The van der Waals surface area contributed by atoms with Crippen LogP contribution in [0.5, 0.6) is 0 Å². The van der Waals surface area contributed by atoms with Gasteiger partial charge in [0.1, 0.15) is 4.90 Å². The third-order valence-electron chi connectivity index (χ3n) is 2.35. The molecule has 0 unspecified atom stereocenters. The van der Waals surface area contributed by atoms with Crippen LogP contribution in [0.2, 0.25) is 10.0 Å². The summed E-state index contributed by atoms with van der Waals surface area (Å²) in [6, 6.07) is 4.68. The first-order valence-electron chi connectivity index (χ1n) is 5.36. The highest BCUT2D eigenvalue weighted by molar-refractivity contribution is 7.91. The first-order valence-corrected chi connectivity index (χ1v) is 7.76. The molecule has 0 spiro atoms. The van der Waals surface area contributed by atoms with Gasteiger partial charge in [-0.15, -0.1) is 0 Å². The molecule has 0 saturated carbocycles. The summed E-state index contributed by atoms with van der Waals surface area (Å²) in [5.41, 5.74) is 5.35. The highest BCUT2D eigenvalue weighted by Gasteiger charge is 2.20. The molecule has 1 aromatic rings. The molecule has 0 aliphatic heterocycles. The summed E-state index contributed by atoms with van der Waals surface area (Å²) in [4.78, 5) is 0.0380. The molecule has 0 aromatic heterocycles. The largest absolute Gasteiger partial charge is 0.330 e. The quantitative estimate of drug-likeness (QED) is 0.821. The van der Waals surface area contributed by atoms with Crippen LogP contribution in [0, 0.1) is 0 Å². The van der Waals surface area contributed by atoms with Crippen molar-refractivity contribution in [1.29, 1.82) is 0 Å². The molecule has 0 aliphatic rings. The van der Waals surface area contributed by atoms with E-state index in [1.807, 2.05) is 0 Å². The van der Waals surface area contributed by atoms with Crippen molar-refractivity contribution in [2.45, 2.75) is 24.2 Å². The smallest absolute Gasteiger partial charge is 0.181 e. The number of nitrogens with two attached hydrogens (primary N) is 1. The molecule has 0 atom stereocenters. The van der Waals surface area contributed by atoms with Gasteiger partial charge in [0.25, 0.3) is 0 Å². The standard InChI is InChI=1S/C11H15Cl2NO2S/c12-9-5-4-6-10(13)11(9)17(15,16)8-3-1-2-7-14/h4-6H,1-3,7-8,14H2. The molecule has 17 heavy (non-hydrogen) atoms. The minimum Gasteiger partial charge on any atom is -0.330 e. The first kappa shape index (κ1) is 14.8. The fraction of sp³-hybridized carbons (Fsp3) is 0.455. The highest BCUT2D eigenvalue weighted by atomic mass is 35.5. The lowest BCUT2D eigenvalue weighted by atomic mass is 10.2. The van der Waals surface area contributed by atoms with Gasteiger partial charge in [0.15, 0.2) is 9.84 Å². The van der Waals surface area contributed by atoms with Crippen LogP contribution < -0.4 is 5.73 Å². The maximum Gasteiger partial charge on any atom is 0.181 e. The number of unbranched alkanes of at least 4 members (excludes halogenated alkanes) is 2. The number of hydrogen-bond donors (Lipinski definition) is 1. The maximum atomic E-state index is 12.0. The molecule has 0 amide bonds. The maximum absolute atomic E-state index is 12.0. The molecule has 0 aliphatic carbocycles. The van der Waals surface area contributed by atoms with E-state index in [-0.39, 0.29) is 20.7 Å². The summed E-state index contributed by atoms with van der Waals surface area (Å²) in [5.74, 6) is 0.0520. The Balaban J connectivity index is 2.83. The lowest BCUT2D eigenvalue weighted by Crippen LogP contribution is -2.09. The first-order chi connectivity index (χ1) is 7.99. The van der Waals surface area contributed by atoms with E-state index in [0.29, 0.717) is 13.0 Å². The number of halogens is 2. The molecule has 0 heterocycles. The Kier molecular flexibility index (Phi) is 5.73. The predicted molar refractivity (Wildman–Crippen MR) is 71.4 cm³/mol. The Labute approximate surface area is 112 Å². The van der Waals surface area contributed by atoms with Crippen LogP contribution in [0.3, 0.4) is 0 Å². The predicted octanol–water partition coefficient (Wildman–Crippen LogP) is 2.90. The van der Waals surface area contributed by atoms with E-state index in [9.17, 15) is 8.42 Å². The number of sulfone groups is 1. The summed E-state index contributed by atoms with van der Waals surface area (Å²) in [5, 5.41) is 0.354. The van der Waals surface area contributed by atoms with Crippen molar-refractivity contribution in [3.05, 3.63) is 28.2 Å². The molecular formula is C11H15Cl2NO2S. The van der Waals surface area contributed by atoms with Gasteiger partial charge in [-0.2, -0.15) is 0 Å². The Hall–Kier alpha value is -0.290. The molecule has 0 bridgehead atoms. The Morgan fingerprint density at radius 1 is 1.06 bits per heavy atom. The van der Waals surface area contributed by atoms with Gasteiger partial charge in [0.2, 0.25) is 0 Å². The average Bonchev–Trinajstić information content (AvgIpc) is 2.24. The van der Waals surface area contributed by atoms with Gasteiger partial charge in [-0.25, -0.2) is 8.42 Å². The molecule has 2 N–H and O–H groups in total. The lowest BCUT2D eigenvalue weighted by molar-refractivity contribution is 0.590. The van der Waals surface area contributed by atoms with E-state index in [1.54, 1.807) is 6.07 Å². The van der Waals surface area contributed by atoms with Gasteiger partial charge in [0, 0.05) is 0 Å². The summed E-state index contributed by atoms with van der Waals surface area (Å²) < 4.78 is 24.1. The van der Waals surface area contributed by atoms with E-state index in [4.69, 9.17) is 28.9 Å². The Bertz CT molecular complexity index is 454. The van der Waals surface area contributed by atoms with Gasteiger partial charge in [-0.05, 0) is 31.5 Å². The molecule has 1 aromatic carbocycles. The van der Waals surface area contributed by atoms with Crippen molar-refractivity contribution in [1.82, 2.24) is 0 Å². The molecule has 0 radical (unpaired) electrons. The zero-order valence-corrected chi connectivity index (χ0v) is 11.7. The molecule has 1 rings (SSSR count). The van der Waals surface area contributed by atoms with Crippen molar-refractivity contribution >= 4 is 33.0 Å². The second-order valence-electron chi connectivity index (χ2n) is 3.72. The van der Waals surface area contributed by atoms with E-state index >= 15 is 0 Å². The summed E-state index contributed by atoms with van der Waals surface area (Å²) in [7, 11) is -3.41. The Morgan fingerprint density at radius 2 is 1.65 bits per heavy atom. The second-order valence-corrected chi connectivity index (χ2v) is 6.58. The second kappa shape index (κ2) is 6.59. The van der Waals surface area contributed by atoms with Crippen molar-refractivity contribution in [3.8, 4) is 0 Å². The van der Waals surface area contributed by atoms with Gasteiger partial charge in [-0.1, -0.05) is 35.7 Å². The molecule has 6 heteroatoms. The molecule has 96 valence electrons. The van der Waals surface area contributed by atoms with Gasteiger partial charge < -0.3 is 5.73 Å². The summed E-state index contributed by atoms with van der Waals surface area (Å²) >= 11 is 11.7. The molecule has 0 fully saturated rings. The van der Waals surface area contributed by atoms with E-state index in [1.165, 1.54) is 12.1 Å². The van der Waals surface area contributed by atoms with Gasteiger partial charge in [-0.3, -0.25) is 0 Å². The number of hydrogen-bond acceptors (Lipinski definition) is 3. The van der Waals surface area contributed by atoms with Crippen LogP contribution in [-0.2, 0) is 9.84 Å². The lowest BCUT2D eigenvalue weighted by Gasteiger charge is -2.08. The van der Waals surface area contributed by atoms with E-state index in [0.717, 1.165) is 12.8 Å². The minimum absolute atomic E-state index is 0.0380. The van der Waals surface area contributed by atoms with Crippen LogP contribution in [0.1, 0.15) is 19.3 Å². The fourth-order valence-corrected chi connectivity index (χ4v) is 4.12. The topological polar surface area (TPSA) is 60.2 Å². The summed E-state index contributed by atoms with van der Waals surface area (Å²) in [6.07, 6.45) is 2.19.